The fraction of sp³-hybridized carbons (Fsp3) is 0.605. The van der Waals surface area contributed by atoms with Crippen molar-refractivity contribution in [2.45, 2.75) is 102 Å². The highest BCUT2D eigenvalue weighted by Crippen LogP contribution is 2.53. The summed E-state index contributed by atoms with van der Waals surface area (Å²) in [6, 6.07) is 12.0. The van der Waals surface area contributed by atoms with Crippen molar-refractivity contribution in [3.63, 3.8) is 0 Å². The summed E-state index contributed by atoms with van der Waals surface area (Å²) in [6.07, 6.45) is 3.87. The van der Waals surface area contributed by atoms with Crippen LogP contribution in [-0.2, 0) is 41.4 Å². The van der Waals surface area contributed by atoms with Crippen LogP contribution in [0.25, 0.3) is 0 Å². The van der Waals surface area contributed by atoms with E-state index in [1.54, 1.807) is 0 Å². The molecule has 12 heteroatoms. The molecule has 0 radical (unpaired) electrons. The van der Waals surface area contributed by atoms with E-state index in [4.69, 9.17) is 19.3 Å². The van der Waals surface area contributed by atoms with Gasteiger partial charge in [-0.2, -0.15) is 0 Å². The third-order valence-corrected chi connectivity index (χ3v) is 9.99. The number of carbonyl (C=O) groups is 3. The summed E-state index contributed by atoms with van der Waals surface area (Å²) in [6.45, 7) is 1.31. The van der Waals surface area contributed by atoms with Crippen LogP contribution in [-0.4, -0.2) is 97.3 Å². The summed E-state index contributed by atoms with van der Waals surface area (Å²) >= 11 is 0. The van der Waals surface area contributed by atoms with Crippen LogP contribution in [0, 0.1) is 11.8 Å². The van der Waals surface area contributed by atoms with Gasteiger partial charge in [0.2, 0.25) is 0 Å². The summed E-state index contributed by atoms with van der Waals surface area (Å²) in [7, 11) is 3.79. The predicted molar refractivity (Wildman–Crippen MR) is 184 cm³/mol. The molecule has 8 atom stereocenters. The van der Waals surface area contributed by atoms with Crippen molar-refractivity contribution in [1.82, 2.24) is 0 Å². The smallest absolute Gasteiger partial charge is 0.305 e. The zero-order valence-electron chi connectivity index (χ0n) is 28.7. The van der Waals surface area contributed by atoms with E-state index in [9.17, 15) is 29.7 Å². The first kappa shape index (κ1) is 40.7. The number of para-hydroxylation sites is 2. The molecule has 278 valence electrons. The molecule has 0 saturated heterocycles. The van der Waals surface area contributed by atoms with E-state index in [0.29, 0.717) is 38.5 Å². The highest BCUT2D eigenvalue weighted by molar-refractivity contribution is 5.69. The summed E-state index contributed by atoms with van der Waals surface area (Å²) in [5.74, 6) is 0.788. The molecule has 2 aliphatic heterocycles. The highest BCUT2D eigenvalue weighted by Gasteiger charge is 2.52. The second-order valence-corrected chi connectivity index (χ2v) is 12.8. The number of hydrogen-bond donors (Lipinski definition) is 4. The number of aryl methyl sites for hydroxylation is 2. The number of fused-ring (bicyclic) bond motifs is 6. The van der Waals surface area contributed by atoms with Gasteiger partial charge in [0.05, 0.1) is 26.9 Å². The fourth-order valence-corrected chi connectivity index (χ4v) is 7.82. The van der Waals surface area contributed by atoms with E-state index in [2.05, 4.69) is 9.47 Å². The van der Waals surface area contributed by atoms with E-state index in [1.165, 1.54) is 21.1 Å². The van der Waals surface area contributed by atoms with Gasteiger partial charge in [0, 0.05) is 81.1 Å². The van der Waals surface area contributed by atoms with Gasteiger partial charge < -0.3 is 44.1 Å². The molecule has 12 nitrogen and oxygen atoms in total. The van der Waals surface area contributed by atoms with Crippen LogP contribution in [0.4, 0.5) is 0 Å². The molecule has 2 aromatic rings. The average Bonchev–Trinajstić information content (AvgIpc) is 3.83. The maximum Gasteiger partial charge on any atom is 0.305 e. The molecule has 8 unspecified atom stereocenters. The molecule has 50 heavy (non-hydrogen) atoms. The predicted octanol–water partition coefficient (Wildman–Crippen LogP) is 3.62. The van der Waals surface area contributed by atoms with Crippen LogP contribution < -0.4 is 9.47 Å². The number of rotatable bonds is 11. The Bertz CT molecular complexity index is 1430. The maximum atomic E-state index is 11.3. The van der Waals surface area contributed by atoms with Crippen molar-refractivity contribution in [3.05, 3.63) is 58.7 Å². The lowest BCUT2D eigenvalue weighted by molar-refractivity contribution is -0.149. The number of methoxy groups -OCH3 is 2. The molecule has 2 aliphatic carbocycles. The summed E-state index contributed by atoms with van der Waals surface area (Å²) in [4.78, 5) is 33.8. The van der Waals surface area contributed by atoms with Crippen molar-refractivity contribution >= 4 is 17.9 Å². The van der Waals surface area contributed by atoms with Gasteiger partial charge >= 0.3 is 17.9 Å². The molecule has 2 saturated carbocycles. The van der Waals surface area contributed by atoms with Crippen LogP contribution in [0.2, 0.25) is 0 Å². The number of carbonyl (C=O) groups excluding carboxylic acids is 3. The lowest BCUT2D eigenvalue weighted by atomic mass is 9.87. The molecule has 2 heterocycles. The Hall–Kier alpha value is -3.71. The molecule has 0 amide bonds. The molecule has 4 N–H and O–H groups in total. The molecule has 0 spiro atoms. The minimum absolute atomic E-state index is 0. The minimum Gasteiger partial charge on any atom is -0.489 e. The van der Waals surface area contributed by atoms with Crippen molar-refractivity contribution in [1.29, 1.82) is 0 Å². The molecule has 2 fully saturated rings. The Labute approximate surface area is 294 Å². The van der Waals surface area contributed by atoms with Gasteiger partial charge in [0.15, 0.2) is 0 Å². The zero-order valence-corrected chi connectivity index (χ0v) is 28.7. The maximum absolute atomic E-state index is 11.3. The molecule has 2 aromatic carbocycles. The molecule has 4 aliphatic rings. The van der Waals surface area contributed by atoms with Crippen molar-refractivity contribution in [2.75, 3.05) is 34.5 Å². The Kier molecular flexibility index (Phi) is 15.5. The fourth-order valence-electron chi connectivity index (χ4n) is 7.82. The normalized spacial score (nSPS) is 26.1. The van der Waals surface area contributed by atoms with E-state index in [-0.39, 0.29) is 80.5 Å². The number of aliphatic hydroxyl groups is 4. The SMILES string of the molecule is C.CO.COC(=O)CCCc1cccc2c1OC1CC(O)C(CO)C21.COC(=O)CCCc1cccc2c1OC1CC(OC(C)=O)C(CO)C21. The quantitative estimate of drug-likeness (QED) is 0.198. The van der Waals surface area contributed by atoms with Crippen molar-refractivity contribution < 1.29 is 58.5 Å². The van der Waals surface area contributed by atoms with E-state index >= 15 is 0 Å². The topological polar surface area (TPSA) is 178 Å². The minimum atomic E-state index is -0.504. The first-order chi connectivity index (χ1) is 23.7. The number of hydrogen-bond acceptors (Lipinski definition) is 12. The third-order valence-electron chi connectivity index (χ3n) is 9.99. The zero-order chi connectivity index (χ0) is 35.7. The first-order valence-electron chi connectivity index (χ1n) is 16.9. The van der Waals surface area contributed by atoms with E-state index in [0.717, 1.165) is 53.7 Å². The standard InChI is InChI=1S/C19H24O6.C17H22O5.CH4O.CH4/c1-11(21)24-15-9-16-18(14(15)10-20)13-7-3-5-12(19(13)25-16)6-4-8-17(22)23-2;1-21-15(20)7-3-5-10-4-2-6-11-16-12(9-18)13(19)8-14(16)22-17(10)11;1-2;/h3,5,7,14-16,18,20H,4,6,8-10H2,1-2H3;2,4,6,12-14,16,18-19H,3,5,7-9H2,1H3;2H,1H3;1H4. The van der Waals surface area contributed by atoms with Gasteiger partial charge in [-0.1, -0.05) is 43.8 Å². The Morgan fingerprint density at radius 2 is 1.22 bits per heavy atom. The number of benzene rings is 2. The Morgan fingerprint density at radius 3 is 1.66 bits per heavy atom. The number of ether oxygens (including phenoxy) is 5. The van der Waals surface area contributed by atoms with Gasteiger partial charge in [-0.25, -0.2) is 0 Å². The second kappa shape index (κ2) is 19.1. The Morgan fingerprint density at radius 1 is 0.760 bits per heavy atom. The van der Waals surface area contributed by atoms with Gasteiger partial charge in [0.1, 0.15) is 29.8 Å². The number of aliphatic hydroxyl groups excluding tert-OH is 4. The second-order valence-electron chi connectivity index (χ2n) is 12.8. The van der Waals surface area contributed by atoms with Crippen LogP contribution in [0.1, 0.15) is 87.0 Å². The van der Waals surface area contributed by atoms with Crippen molar-refractivity contribution in [2.24, 2.45) is 11.8 Å². The molecular weight excluding hydrogens is 648 g/mol. The van der Waals surface area contributed by atoms with Crippen LogP contribution in [0.15, 0.2) is 36.4 Å². The van der Waals surface area contributed by atoms with Crippen LogP contribution in [0.5, 0.6) is 11.5 Å². The summed E-state index contributed by atoms with van der Waals surface area (Å²) in [5, 5.41) is 36.4. The number of esters is 3. The van der Waals surface area contributed by atoms with E-state index in [1.807, 2.05) is 36.4 Å². The lowest BCUT2D eigenvalue weighted by Gasteiger charge is -2.21. The van der Waals surface area contributed by atoms with Gasteiger partial charge in [0.25, 0.3) is 0 Å². The molecular formula is C38H54O12. The third kappa shape index (κ3) is 8.95. The van der Waals surface area contributed by atoms with Gasteiger partial charge in [-0.05, 0) is 36.8 Å². The monoisotopic (exact) mass is 702 g/mol. The molecule has 6 rings (SSSR count). The average molecular weight is 703 g/mol. The van der Waals surface area contributed by atoms with Gasteiger partial charge in [-0.15, -0.1) is 0 Å². The van der Waals surface area contributed by atoms with E-state index < -0.39 is 6.10 Å². The Balaban J connectivity index is 0.000000255. The highest BCUT2D eigenvalue weighted by atomic mass is 16.6. The van der Waals surface area contributed by atoms with Gasteiger partial charge in [-0.3, -0.25) is 14.4 Å². The molecule has 0 bridgehead atoms. The largest absolute Gasteiger partial charge is 0.489 e. The van der Waals surface area contributed by atoms with Crippen LogP contribution in [0.3, 0.4) is 0 Å². The summed E-state index contributed by atoms with van der Waals surface area (Å²) < 4.78 is 26.9. The molecule has 0 aromatic heterocycles. The first-order valence-corrected chi connectivity index (χ1v) is 16.9. The van der Waals surface area contributed by atoms with Crippen molar-refractivity contribution in [3.8, 4) is 11.5 Å². The summed E-state index contributed by atoms with van der Waals surface area (Å²) in [5.41, 5.74) is 4.30. The van der Waals surface area contributed by atoms with Crippen LogP contribution >= 0.6 is 0 Å². The lowest BCUT2D eigenvalue weighted by Crippen LogP contribution is -2.26.